The van der Waals surface area contributed by atoms with Gasteiger partial charge in [-0.2, -0.15) is 4.99 Å². The molecule has 0 bridgehead atoms. The Labute approximate surface area is 113 Å². The summed E-state index contributed by atoms with van der Waals surface area (Å²) in [4.78, 5) is 7.42. The Bertz CT molecular complexity index is 470. The molecule has 1 aromatic carbocycles. The number of benzene rings is 1. The van der Waals surface area contributed by atoms with Gasteiger partial charge < -0.3 is 17.2 Å². The Hall–Kier alpha value is -0.900. The van der Waals surface area contributed by atoms with Crippen LogP contribution in [0.4, 0.5) is 10.1 Å². The van der Waals surface area contributed by atoms with E-state index < -0.39 is 5.82 Å². The van der Waals surface area contributed by atoms with Crippen LogP contribution in [0, 0.1) is 9.39 Å². The van der Waals surface area contributed by atoms with Gasteiger partial charge in [-0.1, -0.05) is 0 Å². The number of nitrogens with zero attached hydrogens (tertiary/aromatic N) is 2. The zero-order valence-electron chi connectivity index (χ0n) is 7.92. The summed E-state index contributed by atoms with van der Waals surface area (Å²) in [5.41, 5.74) is 16.0. The second-order valence-electron chi connectivity index (χ2n) is 2.73. The van der Waals surface area contributed by atoms with E-state index in [1.54, 1.807) is 0 Å². The van der Waals surface area contributed by atoms with Gasteiger partial charge in [0.1, 0.15) is 5.82 Å². The molecule has 0 fully saturated rings. The third-order valence-corrected chi connectivity index (χ3v) is 3.95. The SMILES string of the molecule is NC(N)=NC(N)=Nc1cc(F)cc(Br)c1I. The molecule has 0 atom stereocenters. The van der Waals surface area contributed by atoms with Gasteiger partial charge in [-0.05, 0) is 44.6 Å². The minimum absolute atomic E-state index is 0.129. The number of hydrogen-bond acceptors (Lipinski definition) is 1. The molecule has 0 unspecified atom stereocenters. The van der Waals surface area contributed by atoms with Gasteiger partial charge in [-0.25, -0.2) is 9.38 Å². The minimum atomic E-state index is -0.427. The third-order valence-electron chi connectivity index (χ3n) is 1.45. The monoisotopic (exact) mass is 399 g/mol. The maximum absolute atomic E-state index is 13.1. The zero-order chi connectivity index (χ0) is 12.3. The largest absolute Gasteiger partial charge is 0.370 e. The molecule has 0 saturated heterocycles. The van der Waals surface area contributed by atoms with E-state index in [0.29, 0.717) is 13.7 Å². The van der Waals surface area contributed by atoms with Gasteiger partial charge in [0.05, 0.1) is 9.26 Å². The van der Waals surface area contributed by atoms with Crippen LogP contribution in [-0.4, -0.2) is 11.9 Å². The summed E-state index contributed by atoms with van der Waals surface area (Å²) in [5.74, 6) is -0.759. The van der Waals surface area contributed by atoms with Gasteiger partial charge in [-0.15, -0.1) is 0 Å². The predicted molar refractivity (Wildman–Crippen MR) is 73.9 cm³/mol. The molecule has 0 spiro atoms. The quantitative estimate of drug-likeness (QED) is 0.288. The van der Waals surface area contributed by atoms with Crippen molar-refractivity contribution in [1.29, 1.82) is 0 Å². The van der Waals surface area contributed by atoms with Crippen molar-refractivity contribution in [2.75, 3.05) is 0 Å². The van der Waals surface area contributed by atoms with Crippen molar-refractivity contribution >= 4 is 56.1 Å². The number of aliphatic imine (C=N–C) groups is 2. The summed E-state index contributed by atoms with van der Waals surface area (Å²) in [6, 6.07) is 2.57. The van der Waals surface area contributed by atoms with E-state index in [9.17, 15) is 4.39 Å². The molecule has 0 aliphatic heterocycles. The lowest BCUT2D eigenvalue weighted by Crippen LogP contribution is -2.26. The Kier molecular flexibility index (Phi) is 4.47. The summed E-state index contributed by atoms with van der Waals surface area (Å²) >= 11 is 5.20. The van der Waals surface area contributed by atoms with Crippen molar-refractivity contribution < 1.29 is 4.39 Å². The van der Waals surface area contributed by atoms with Crippen LogP contribution >= 0.6 is 38.5 Å². The van der Waals surface area contributed by atoms with Gasteiger partial charge in [0.2, 0.25) is 5.96 Å². The maximum atomic E-state index is 13.1. The number of nitrogens with two attached hydrogens (primary N) is 3. The lowest BCUT2D eigenvalue weighted by Gasteiger charge is -2.02. The van der Waals surface area contributed by atoms with Crippen molar-refractivity contribution in [2.24, 2.45) is 27.2 Å². The minimum Gasteiger partial charge on any atom is -0.370 e. The summed E-state index contributed by atoms with van der Waals surface area (Å²) in [6.07, 6.45) is 0. The fourth-order valence-electron chi connectivity index (χ4n) is 0.904. The highest BCUT2D eigenvalue weighted by Gasteiger charge is 2.06. The fourth-order valence-corrected chi connectivity index (χ4v) is 1.76. The van der Waals surface area contributed by atoms with Crippen molar-refractivity contribution in [2.45, 2.75) is 0 Å². The molecule has 1 rings (SSSR count). The molecule has 0 aromatic heterocycles. The molecule has 5 nitrogen and oxygen atoms in total. The summed E-state index contributed by atoms with van der Waals surface area (Å²) in [5, 5.41) is 0. The molecule has 86 valence electrons. The topological polar surface area (TPSA) is 103 Å². The van der Waals surface area contributed by atoms with Crippen molar-refractivity contribution in [3.8, 4) is 0 Å². The lowest BCUT2D eigenvalue weighted by atomic mass is 10.3. The molecule has 0 radical (unpaired) electrons. The van der Waals surface area contributed by atoms with E-state index in [1.807, 2.05) is 22.6 Å². The van der Waals surface area contributed by atoms with Crippen LogP contribution in [0.1, 0.15) is 0 Å². The Morgan fingerprint density at radius 3 is 2.50 bits per heavy atom. The molecule has 1 aromatic rings. The van der Waals surface area contributed by atoms with Crippen LogP contribution < -0.4 is 17.2 Å². The van der Waals surface area contributed by atoms with Gasteiger partial charge in [0.15, 0.2) is 5.96 Å². The molecule has 0 saturated carbocycles. The Morgan fingerprint density at radius 2 is 1.94 bits per heavy atom. The van der Waals surface area contributed by atoms with Gasteiger partial charge in [0, 0.05) is 10.5 Å². The fraction of sp³-hybridized carbons (Fsp3) is 0. The first-order chi connectivity index (χ1) is 7.40. The van der Waals surface area contributed by atoms with Crippen LogP contribution in [0.2, 0.25) is 0 Å². The number of guanidine groups is 2. The van der Waals surface area contributed by atoms with Crippen molar-refractivity contribution in [1.82, 2.24) is 0 Å². The molecule has 0 heterocycles. The van der Waals surface area contributed by atoms with E-state index >= 15 is 0 Å². The molecule has 0 amide bonds. The van der Waals surface area contributed by atoms with E-state index in [2.05, 4.69) is 25.9 Å². The second-order valence-corrected chi connectivity index (χ2v) is 4.66. The molecule has 0 aliphatic rings. The van der Waals surface area contributed by atoms with Crippen molar-refractivity contribution in [3.05, 3.63) is 26.0 Å². The smallest absolute Gasteiger partial charge is 0.223 e. The van der Waals surface area contributed by atoms with Crippen LogP contribution in [0.5, 0.6) is 0 Å². The molecule has 16 heavy (non-hydrogen) atoms. The highest BCUT2D eigenvalue weighted by atomic mass is 127. The van der Waals surface area contributed by atoms with E-state index in [0.717, 1.165) is 0 Å². The summed E-state index contributed by atoms with van der Waals surface area (Å²) < 4.78 is 14.4. The molecule has 0 aliphatic carbocycles. The first-order valence-electron chi connectivity index (χ1n) is 3.98. The highest BCUT2D eigenvalue weighted by Crippen LogP contribution is 2.30. The standard InChI is InChI=1S/C8H8BrFIN5/c9-4-1-3(10)2-5(6(4)11)15-8(14)16-7(12)13/h1-2H,(H6,12,13,14,15,16). The predicted octanol–water partition coefficient (Wildman–Crippen LogP) is 1.41. The lowest BCUT2D eigenvalue weighted by molar-refractivity contribution is 0.627. The molecule has 8 heteroatoms. The summed E-state index contributed by atoms with van der Waals surface area (Å²) in [6.45, 7) is 0. The first-order valence-corrected chi connectivity index (χ1v) is 5.85. The van der Waals surface area contributed by atoms with Gasteiger partial charge in [0.25, 0.3) is 0 Å². The number of rotatable bonds is 1. The second kappa shape index (κ2) is 5.43. The van der Waals surface area contributed by atoms with Crippen LogP contribution in [-0.2, 0) is 0 Å². The third kappa shape index (κ3) is 3.59. The normalized spacial score (nSPS) is 11.3. The maximum Gasteiger partial charge on any atom is 0.223 e. The Balaban J connectivity index is 3.20. The summed E-state index contributed by atoms with van der Waals surface area (Å²) in [7, 11) is 0. The number of halogens is 3. The molecular formula is C8H8BrFIN5. The number of hydrogen-bond donors (Lipinski definition) is 3. The molecular weight excluding hydrogens is 392 g/mol. The van der Waals surface area contributed by atoms with E-state index in [1.165, 1.54) is 12.1 Å². The average molecular weight is 400 g/mol. The van der Waals surface area contributed by atoms with Gasteiger partial charge in [-0.3, -0.25) is 0 Å². The van der Waals surface area contributed by atoms with Gasteiger partial charge >= 0.3 is 0 Å². The van der Waals surface area contributed by atoms with Crippen LogP contribution in [0.3, 0.4) is 0 Å². The van der Waals surface area contributed by atoms with E-state index in [4.69, 9.17) is 17.2 Å². The average Bonchev–Trinajstić information content (AvgIpc) is 2.11. The molecule has 6 N–H and O–H groups in total. The van der Waals surface area contributed by atoms with E-state index in [-0.39, 0.29) is 11.9 Å². The van der Waals surface area contributed by atoms with Crippen LogP contribution in [0.15, 0.2) is 26.6 Å². The van der Waals surface area contributed by atoms with Crippen molar-refractivity contribution in [3.63, 3.8) is 0 Å². The first kappa shape index (κ1) is 13.2. The highest BCUT2D eigenvalue weighted by molar-refractivity contribution is 14.1. The van der Waals surface area contributed by atoms with Crippen LogP contribution in [0.25, 0.3) is 0 Å². The Morgan fingerprint density at radius 1 is 1.31 bits per heavy atom. The zero-order valence-corrected chi connectivity index (χ0v) is 11.7.